The Morgan fingerprint density at radius 2 is 1.95 bits per heavy atom. The Hall–Kier alpha value is -2.30. The molecule has 0 unspecified atom stereocenters. The fourth-order valence-electron chi connectivity index (χ4n) is 2.10. The minimum atomic E-state index is 0.696. The summed E-state index contributed by atoms with van der Waals surface area (Å²) in [4.78, 5) is 9.03. The summed E-state index contributed by atoms with van der Waals surface area (Å²) < 4.78 is 5.24. The molecule has 0 aliphatic carbocycles. The lowest BCUT2D eigenvalue weighted by Crippen LogP contribution is -2.09. The number of anilines is 2. The van der Waals surface area contributed by atoms with Gasteiger partial charge in [-0.25, -0.2) is 9.97 Å². The molecule has 5 heteroatoms. The van der Waals surface area contributed by atoms with Crippen LogP contribution < -0.4 is 15.4 Å². The first kappa shape index (κ1) is 15.1. The first-order chi connectivity index (χ1) is 10.2. The number of nitrogens with zero attached hydrogens (tertiary/aromatic N) is 2. The average Bonchev–Trinajstić information content (AvgIpc) is 2.54. The van der Waals surface area contributed by atoms with E-state index in [1.54, 1.807) is 7.11 Å². The van der Waals surface area contributed by atoms with Crippen molar-refractivity contribution in [3.05, 3.63) is 41.2 Å². The number of hydrogen-bond acceptors (Lipinski definition) is 5. The lowest BCUT2D eigenvalue weighted by molar-refractivity contribution is 0.414. The van der Waals surface area contributed by atoms with Gasteiger partial charge < -0.3 is 15.4 Å². The molecule has 5 nitrogen and oxygen atoms in total. The maximum Gasteiger partial charge on any atom is 0.135 e. The molecule has 1 heterocycles. The van der Waals surface area contributed by atoms with Gasteiger partial charge in [0.2, 0.25) is 0 Å². The zero-order valence-corrected chi connectivity index (χ0v) is 13.0. The van der Waals surface area contributed by atoms with Gasteiger partial charge in [-0.15, -0.1) is 0 Å². The smallest absolute Gasteiger partial charge is 0.135 e. The van der Waals surface area contributed by atoms with E-state index >= 15 is 0 Å². The summed E-state index contributed by atoms with van der Waals surface area (Å²) in [6.07, 6.45) is 0.808. The molecule has 2 N–H and O–H groups in total. The van der Waals surface area contributed by atoms with Gasteiger partial charge in [0, 0.05) is 25.6 Å². The number of aromatic nitrogens is 2. The lowest BCUT2D eigenvalue weighted by Gasteiger charge is -2.13. The number of aryl methyl sites for hydroxylation is 1. The van der Waals surface area contributed by atoms with Gasteiger partial charge in [-0.1, -0.05) is 19.1 Å². The van der Waals surface area contributed by atoms with Crippen LogP contribution in [0.15, 0.2) is 24.3 Å². The van der Waals surface area contributed by atoms with Gasteiger partial charge in [-0.2, -0.15) is 0 Å². The normalized spacial score (nSPS) is 10.3. The van der Waals surface area contributed by atoms with Crippen molar-refractivity contribution in [2.45, 2.75) is 26.8 Å². The highest BCUT2D eigenvalue weighted by atomic mass is 16.5. The molecule has 21 heavy (non-hydrogen) atoms. The third-order valence-corrected chi connectivity index (χ3v) is 3.34. The predicted molar refractivity (Wildman–Crippen MR) is 86.0 cm³/mol. The van der Waals surface area contributed by atoms with E-state index in [2.05, 4.69) is 33.6 Å². The van der Waals surface area contributed by atoms with Crippen molar-refractivity contribution < 1.29 is 4.74 Å². The van der Waals surface area contributed by atoms with Crippen molar-refractivity contribution in [1.29, 1.82) is 0 Å². The highest BCUT2D eigenvalue weighted by Crippen LogP contribution is 2.21. The largest absolute Gasteiger partial charge is 0.497 e. The SMILES string of the molecule is CCc1nc(NC)c(C)c(NCc2cccc(OC)c2)n1. The summed E-state index contributed by atoms with van der Waals surface area (Å²) in [5, 5.41) is 6.50. The summed E-state index contributed by atoms with van der Waals surface area (Å²) in [6.45, 7) is 4.76. The van der Waals surface area contributed by atoms with Gasteiger partial charge in [0.15, 0.2) is 0 Å². The quantitative estimate of drug-likeness (QED) is 0.855. The van der Waals surface area contributed by atoms with Gasteiger partial charge >= 0.3 is 0 Å². The van der Waals surface area contributed by atoms with E-state index in [1.807, 2.05) is 32.2 Å². The van der Waals surface area contributed by atoms with Crippen molar-refractivity contribution in [2.75, 3.05) is 24.8 Å². The monoisotopic (exact) mass is 286 g/mol. The van der Waals surface area contributed by atoms with Crippen molar-refractivity contribution in [3.8, 4) is 5.75 Å². The molecule has 0 spiro atoms. The van der Waals surface area contributed by atoms with Gasteiger partial charge in [-0.05, 0) is 24.6 Å². The summed E-state index contributed by atoms with van der Waals surface area (Å²) in [7, 11) is 3.55. The van der Waals surface area contributed by atoms with Crippen LogP contribution in [0.1, 0.15) is 23.9 Å². The van der Waals surface area contributed by atoms with Crippen LogP contribution in [0.4, 0.5) is 11.6 Å². The second kappa shape index (κ2) is 6.92. The number of methoxy groups -OCH3 is 1. The molecule has 112 valence electrons. The Kier molecular flexibility index (Phi) is 4.98. The summed E-state index contributed by atoms with van der Waals surface area (Å²) in [5.41, 5.74) is 2.18. The van der Waals surface area contributed by atoms with E-state index < -0.39 is 0 Å². The Morgan fingerprint density at radius 3 is 2.62 bits per heavy atom. The maximum absolute atomic E-state index is 5.24. The third kappa shape index (κ3) is 3.62. The molecule has 0 aliphatic rings. The fourth-order valence-corrected chi connectivity index (χ4v) is 2.10. The third-order valence-electron chi connectivity index (χ3n) is 3.34. The number of benzene rings is 1. The molecular weight excluding hydrogens is 264 g/mol. The molecule has 1 aromatic carbocycles. The van der Waals surface area contributed by atoms with Gasteiger partial charge in [0.25, 0.3) is 0 Å². The molecule has 0 saturated heterocycles. The Balaban J connectivity index is 2.18. The number of ether oxygens (including phenoxy) is 1. The van der Waals surface area contributed by atoms with E-state index in [9.17, 15) is 0 Å². The number of rotatable bonds is 6. The summed E-state index contributed by atoms with van der Waals surface area (Å²) in [6, 6.07) is 8.00. The molecular formula is C16H22N4O. The molecule has 0 saturated carbocycles. The fraction of sp³-hybridized carbons (Fsp3) is 0.375. The van der Waals surface area contributed by atoms with Crippen molar-refractivity contribution in [2.24, 2.45) is 0 Å². The molecule has 0 fully saturated rings. The molecule has 2 rings (SSSR count). The Morgan fingerprint density at radius 1 is 1.19 bits per heavy atom. The van der Waals surface area contributed by atoms with Gasteiger partial charge in [-0.3, -0.25) is 0 Å². The van der Waals surface area contributed by atoms with Crippen LogP contribution in [-0.4, -0.2) is 24.1 Å². The van der Waals surface area contributed by atoms with Crippen LogP contribution in [0.3, 0.4) is 0 Å². The van der Waals surface area contributed by atoms with E-state index in [0.717, 1.165) is 40.8 Å². The van der Waals surface area contributed by atoms with E-state index in [0.29, 0.717) is 6.54 Å². The van der Waals surface area contributed by atoms with E-state index in [-0.39, 0.29) is 0 Å². The molecule has 0 radical (unpaired) electrons. The van der Waals surface area contributed by atoms with E-state index in [4.69, 9.17) is 4.74 Å². The molecule has 1 aromatic heterocycles. The first-order valence-electron chi connectivity index (χ1n) is 7.10. The lowest BCUT2D eigenvalue weighted by atomic mass is 10.2. The average molecular weight is 286 g/mol. The van der Waals surface area contributed by atoms with Crippen molar-refractivity contribution in [1.82, 2.24) is 9.97 Å². The topological polar surface area (TPSA) is 59.1 Å². The van der Waals surface area contributed by atoms with Crippen LogP contribution in [-0.2, 0) is 13.0 Å². The molecule has 0 bridgehead atoms. The zero-order chi connectivity index (χ0) is 15.2. The molecule has 0 aliphatic heterocycles. The van der Waals surface area contributed by atoms with Crippen LogP contribution in [0.25, 0.3) is 0 Å². The first-order valence-corrected chi connectivity index (χ1v) is 7.10. The van der Waals surface area contributed by atoms with Crippen LogP contribution >= 0.6 is 0 Å². The van der Waals surface area contributed by atoms with Gasteiger partial charge in [0.1, 0.15) is 23.2 Å². The molecule has 2 aromatic rings. The number of nitrogens with one attached hydrogen (secondary N) is 2. The summed E-state index contributed by atoms with van der Waals surface area (Å²) >= 11 is 0. The minimum absolute atomic E-state index is 0.696. The van der Waals surface area contributed by atoms with Crippen LogP contribution in [0.5, 0.6) is 5.75 Å². The Labute approximate surface area is 125 Å². The van der Waals surface area contributed by atoms with Crippen LogP contribution in [0, 0.1) is 6.92 Å². The van der Waals surface area contributed by atoms with E-state index in [1.165, 1.54) is 0 Å². The second-order valence-electron chi connectivity index (χ2n) is 4.77. The second-order valence-corrected chi connectivity index (χ2v) is 4.77. The molecule has 0 amide bonds. The molecule has 0 atom stereocenters. The highest BCUT2D eigenvalue weighted by Gasteiger charge is 2.09. The Bertz CT molecular complexity index is 613. The predicted octanol–water partition coefficient (Wildman–Crippen LogP) is 3.01. The number of hydrogen-bond donors (Lipinski definition) is 2. The van der Waals surface area contributed by atoms with Crippen molar-refractivity contribution >= 4 is 11.6 Å². The zero-order valence-electron chi connectivity index (χ0n) is 13.0. The van der Waals surface area contributed by atoms with Crippen LogP contribution in [0.2, 0.25) is 0 Å². The van der Waals surface area contributed by atoms with Gasteiger partial charge in [0.05, 0.1) is 7.11 Å². The highest BCUT2D eigenvalue weighted by molar-refractivity contribution is 5.57. The summed E-state index contributed by atoms with van der Waals surface area (Å²) in [5.74, 6) is 3.43. The van der Waals surface area contributed by atoms with Crippen molar-refractivity contribution in [3.63, 3.8) is 0 Å². The minimum Gasteiger partial charge on any atom is -0.497 e. The maximum atomic E-state index is 5.24. The standard InChI is InChI=1S/C16H22N4O/c1-5-14-19-15(17-3)11(2)16(20-14)18-10-12-7-6-8-13(9-12)21-4/h6-9H,5,10H2,1-4H3,(H2,17,18,19,20).